The first kappa shape index (κ1) is 15.5. The van der Waals surface area contributed by atoms with Crippen LogP contribution < -0.4 is 10.6 Å². The molecule has 0 saturated carbocycles. The van der Waals surface area contributed by atoms with Crippen molar-refractivity contribution >= 4 is 23.2 Å². The lowest BCUT2D eigenvalue weighted by atomic mass is 10.2. The molecular formula is C14H17ClN4O2. The van der Waals surface area contributed by atoms with Crippen LogP contribution in [0.1, 0.15) is 0 Å². The fourth-order valence-electron chi connectivity index (χ4n) is 1.84. The molecule has 0 aliphatic carbocycles. The van der Waals surface area contributed by atoms with Crippen molar-refractivity contribution in [2.45, 2.75) is 0 Å². The number of carbonyl (C=O) groups excluding carboxylic acids is 1. The fourth-order valence-corrected chi connectivity index (χ4v) is 2.11. The Morgan fingerprint density at radius 3 is 3.05 bits per heavy atom. The highest BCUT2D eigenvalue weighted by molar-refractivity contribution is 6.33. The number of hydrogen-bond donors (Lipinski definition) is 2. The van der Waals surface area contributed by atoms with Gasteiger partial charge in [-0.2, -0.15) is 0 Å². The molecule has 0 spiro atoms. The summed E-state index contributed by atoms with van der Waals surface area (Å²) in [6, 6.07) is 5.36. The number of imidazole rings is 1. The maximum absolute atomic E-state index is 11.9. The van der Waals surface area contributed by atoms with Gasteiger partial charge in [-0.05, 0) is 12.1 Å². The van der Waals surface area contributed by atoms with Gasteiger partial charge in [-0.1, -0.05) is 17.7 Å². The van der Waals surface area contributed by atoms with Gasteiger partial charge in [0.05, 0.1) is 35.9 Å². The highest BCUT2D eigenvalue weighted by atomic mass is 35.5. The lowest BCUT2D eigenvalue weighted by Crippen LogP contribution is -2.30. The van der Waals surface area contributed by atoms with Crippen molar-refractivity contribution in [3.8, 4) is 5.69 Å². The predicted octanol–water partition coefficient (Wildman–Crippen LogP) is 1.70. The second kappa shape index (κ2) is 7.78. The van der Waals surface area contributed by atoms with Gasteiger partial charge in [0.1, 0.15) is 0 Å². The summed E-state index contributed by atoms with van der Waals surface area (Å²) in [7, 11) is 1.62. The Labute approximate surface area is 128 Å². The summed E-state index contributed by atoms with van der Waals surface area (Å²) in [5.74, 6) is -0.144. The summed E-state index contributed by atoms with van der Waals surface area (Å²) in [4.78, 5) is 15.9. The van der Waals surface area contributed by atoms with Crippen LogP contribution in [0.15, 0.2) is 36.9 Å². The molecule has 1 heterocycles. The number of ether oxygens (including phenoxy) is 1. The maximum Gasteiger partial charge on any atom is 0.238 e. The first-order valence-corrected chi connectivity index (χ1v) is 6.86. The van der Waals surface area contributed by atoms with Gasteiger partial charge in [-0.25, -0.2) is 4.98 Å². The minimum Gasteiger partial charge on any atom is -0.383 e. The smallest absolute Gasteiger partial charge is 0.238 e. The first-order chi connectivity index (χ1) is 10.2. The zero-order valence-corrected chi connectivity index (χ0v) is 12.4. The van der Waals surface area contributed by atoms with Gasteiger partial charge in [0.25, 0.3) is 0 Å². The highest BCUT2D eigenvalue weighted by Crippen LogP contribution is 2.28. The van der Waals surface area contributed by atoms with Crippen molar-refractivity contribution in [3.05, 3.63) is 41.9 Å². The van der Waals surface area contributed by atoms with E-state index in [0.717, 1.165) is 0 Å². The van der Waals surface area contributed by atoms with E-state index >= 15 is 0 Å². The van der Waals surface area contributed by atoms with E-state index in [1.165, 1.54) is 0 Å². The third-order valence-electron chi connectivity index (χ3n) is 2.79. The van der Waals surface area contributed by atoms with Crippen LogP contribution in [-0.4, -0.2) is 42.3 Å². The van der Waals surface area contributed by atoms with Gasteiger partial charge in [0, 0.05) is 26.0 Å². The molecule has 0 fully saturated rings. The molecule has 2 aromatic rings. The van der Waals surface area contributed by atoms with E-state index in [4.69, 9.17) is 16.3 Å². The summed E-state index contributed by atoms with van der Waals surface area (Å²) >= 11 is 6.22. The molecule has 2 rings (SSSR count). The van der Waals surface area contributed by atoms with Crippen LogP contribution in [0, 0.1) is 0 Å². The number of nitrogens with one attached hydrogen (secondary N) is 2. The Balaban J connectivity index is 2.07. The van der Waals surface area contributed by atoms with Gasteiger partial charge in [-0.15, -0.1) is 0 Å². The molecule has 0 radical (unpaired) electrons. The van der Waals surface area contributed by atoms with E-state index in [1.807, 2.05) is 0 Å². The van der Waals surface area contributed by atoms with E-state index in [9.17, 15) is 4.79 Å². The number of halogens is 1. The van der Waals surface area contributed by atoms with Gasteiger partial charge in [0.15, 0.2) is 0 Å². The Bertz CT molecular complexity index is 587. The highest BCUT2D eigenvalue weighted by Gasteiger charge is 2.11. The number of anilines is 1. The number of rotatable bonds is 7. The van der Waals surface area contributed by atoms with Crippen LogP contribution in [0.25, 0.3) is 5.69 Å². The van der Waals surface area contributed by atoms with Crippen LogP contribution >= 0.6 is 11.6 Å². The number of hydrogen-bond acceptors (Lipinski definition) is 4. The molecule has 0 atom stereocenters. The molecule has 112 valence electrons. The van der Waals surface area contributed by atoms with Gasteiger partial charge < -0.3 is 19.9 Å². The second-order valence-corrected chi connectivity index (χ2v) is 4.73. The lowest BCUT2D eigenvalue weighted by Gasteiger charge is -2.13. The maximum atomic E-state index is 11.9. The number of para-hydroxylation sites is 1. The number of amides is 1. The molecule has 7 heteroatoms. The topological polar surface area (TPSA) is 68.2 Å². The van der Waals surface area contributed by atoms with Crippen LogP contribution in [0.3, 0.4) is 0 Å². The average Bonchev–Trinajstić information content (AvgIpc) is 2.97. The quantitative estimate of drug-likeness (QED) is 0.764. The van der Waals surface area contributed by atoms with Crippen molar-refractivity contribution in [1.82, 2.24) is 14.9 Å². The molecule has 0 bridgehead atoms. The normalized spacial score (nSPS) is 10.6. The van der Waals surface area contributed by atoms with E-state index in [2.05, 4.69) is 15.6 Å². The van der Waals surface area contributed by atoms with Crippen LogP contribution in [0.5, 0.6) is 0 Å². The number of methoxy groups -OCH3 is 1. The van der Waals surface area contributed by atoms with Crippen molar-refractivity contribution in [1.29, 1.82) is 0 Å². The van der Waals surface area contributed by atoms with E-state index in [-0.39, 0.29) is 12.5 Å². The number of carbonyl (C=O) groups is 1. The Morgan fingerprint density at radius 2 is 2.33 bits per heavy atom. The molecular weight excluding hydrogens is 292 g/mol. The third kappa shape index (κ3) is 4.29. The number of benzene rings is 1. The number of nitrogens with zero attached hydrogens (tertiary/aromatic N) is 2. The minimum atomic E-state index is -0.144. The van der Waals surface area contributed by atoms with Gasteiger partial charge in [-0.3, -0.25) is 4.79 Å². The zero-order valence-electron chi connectivity index (χ0n) is 11.7. The summed E-state index contributed by atoms with van der Waals surface area (Å²) < 4.78 is 6.66. The fraction of sp³-hybridized carbons (Fsp3) is 0.286. The second-order valence-electron chi connectivity index (χ2n) is 4.32. The molecule has 6 nitrogen and oxygen atoms in total. The molecule has 1 aromatic heterocycles. The molecule has 1 aromatic carbocycles. The minimum absolute atomic E-state index is 0.144. The van der Waals surface area contributed by atoms with Crippen LogP contribution in [0.4, 0.5) is 5.69 Å². The first-order valence-electron chi connectivity index (χ1n) is 6.48. The molecule has 2 N–H and O–H groups in total. The van der Waals surface area contributed by atoms with Gasteiger partial charge in [0.2, 0.25) is 5.91 Å². The molecule has 21 heavy (non-hydrogen) atoms. The zero-order chi connectivity index (χ0) is 15.1. The Hall–Kier alpha value is -1.89. The van der Waals surface area contributed by atoms with Crippen molar-refractivity contribution in [2.75, 3.05) is 32.1 Å². The monoisotopic (exact) mass is 308 g/mol. The Kier molecular flexibility index (Phi) is 5.74. The lowest BCUT2D eigenvalue weighted by molar-refractivity contribution is -0.115. The average molecular weight is 309 g/mol. The van der Waals surface area contributed by atoms with Crippen molar-refractivity contribution in [2.24, 2.45) is 0 Å². The van der Waals surface area contributed by atoms with Crippen LogP contribution in [0.2, 0.25) is 5.02 Å². The summed E-state index contributed by atoms with van der Waals surface area (Å²) in [5.41, 5.74) is 1.33. The standard InChI is InChI=1S/C14H17ClN4O2/c1-21-8-6-16-9-13(20)18-12-4-2-3-11(15)14(12)19-7-5-17-10-19/h2-5,7,10,16H,6,8-9H2,1H3,(H,18,20). The molecule has 0 saturated heterocycles. The molecule has 1 amide bonds. The molecule has 0 aliphatic rings. The van der Waals surface area contributed by atoms with Crippen molar-refractivity contribution in [3.63, 3.8) is 0 Å². The van der Waals surface area contributed by atoms with E-state index in [1.54, 1.807) is 48.6 Å². The van der Waals surface area contributed by atoms with E-state index < -0.39 is 0 Å². The van der Waals surface area contributed by atoms with Gasteiger partial charge >= 0.3 is 0 Å². The third-order valence-corrected chi connectivity index (χ3v) is 3.10. The predicted molar refractivity (Wildman–Crippen MR) is 81.9 cm³/mol. The molecule has 0 unspecified atom stereocenters. The van der Waals surface area contributed by atoms with E-state index in [0.29, 0.717) is 29.5 Å². The largest absolute Gasteiger partial charge is 0.383 e. The van der Waals surface area contributed by atoms with Crippen LogP contribution in [-0.2, 0) is 9.53 Å². The summed E-state index contributed by atoms with van der Waals surface area (Å²) in [5, 5.41) is 6.37. The number of aromatic nitrogens is 2. The van der Waals surface area contributed by atoms with Crippen molar-refractivity contribution < 1.29 is 9.53 Å². The molecule has 0 aliphatic heterocycles. The SMILES string of the molecule is COCCNCC(=O)Nc1cccc(Cl)c1-n1ccnc1. The summed E-state index contributed by atoms with van der Waals surface area (Å²) in [6.07, 6.45) is 5.06. The Morgan fingerprint density at radius 1 is 1.48 bits per heavy atom. The summed E-state index contributed by atoms with van der Waals surface area (Å²) in [6.45, 7) is 1.39.